The lowest BCUT2D eigenvalue weighted by atomic mass is 9.81. The van der Waals surface area contributed by atoms with Gasteiger partial charge in [-0.25, -0.2) is 0 Å². The van der Waals surface area contributed by atoms with Crippen LogP contribution >= 0.6 is 0 Å². The van der Waals surface area contributed by atoms with Crippen molar-refractivity contribution in [3.05, 3.63) is 199 Å². The zero-order chi connectivity index (χ0) is 39.0. The van der Waals surface area contributed by atoms with Gasteiger partial charge in [0.05, 0.1) is 11.2 Å². The molecular formula is C57H37NO. The summed E-state index contributed by atoms with van der Waals surface area (Å²) in [6, 6.07) is 69.1. The Hall–Kier alpha value is -7.42. The first-order chi connectivity index (χ1) is 29.0. The van der Waals surface area contributed by atoms with E-state index < -0.39 is 0 Å². The third kappa shape index (κ3) is 4.41. The highest BCUT2D eigenvalue weighted by Crippen LogP contribution is 2.54. The fourth-order valence-corrected chi connectivity index (χ4v) is 10.8. The van der Waals surface area contributed by atoms with Gasteiger partial charge < -0.3 is 8.98 Å². The first-order valence-electron chi connectivity index (χ1n) is 20.6. The minimum atomic E-state index is -0.145. The molecule has 59 heavy (non-hydrogen) atoms. The van der Waals surface area contributed by atoms with Crippen LogP contribution in [0.15, 0.2) is 192 Å². The van der Waals surface area contributed by atoms with Gasteiger partial charge in [-0.1, -0.05) is 172 Å². The van der Waals surface area contributed by atoms with E-state index in [1.165, 1.54) is 93.5 Å². The zero-order valence-electron chi connectivity index (χ0n) is 32.8. The molecule has 1 aliphatic rings. The second-order valence-corrected chi connectivity index (χ2v) is 16.8. The lowest BCUT2D eigenvalue weighted by Gasteiger charge is -2.21. The van der Waals surface area contributed by atoms with E-state index in [4.69, 9.17) is 4.42 Å². The minimum Gasteiger partial charge on any atom is -0.455 e. The number of fused-ring (bicyclic) bond motifs is 8. The van der Waals surface area contributed by atoms with Crippen molar-refractivity contribution in [2.24, 2.45) is 0 Å². The zero-order valence-corrected chi connectivity index (χ0v) is 32.8. The van der Waals surface area contributed by atoms with E-state index in [-0.39, 0.29) is 5.41 Å². The Kier molecular flexibility index (Phi) is 6.54. The van der Waals surface area contributed by atoms with E-state index in [1.54, 1.807) is 0 Å². The SMILES string of the molecule is CC1(C)c2ccccc2-c2c1c1cc(-c3ccc4ccc5c(-c6cccc7oc8c(-c9ccccc9)cccc8c67)ccc6ccc3c4c65)ccc1n2-c1ccccc1. The van der Waals surface area contributed by atoms with Crippen molar-refractivity contribution in [2.75, 3.05) is 0 Å². The van der Waals surface area contributed by atoms with Gasteiger partial charge in [-0.15, -0.1) is 0 Å². The number of para-hydroxylation sites is 2. The normalized spacial score (nSPS) is 13.4. The van der Waals surface area contributed by atoms with Crippen molar-refractivity contribution < 1.29 is 4.42 Å². The molecule has 10 aromatic carbocycles. The molecule has 0 unspecified atom stereocenters. The van der Waals surface area contributed by atoms with Gasteiger partial charge in [-0.05, 0) is 102 Å². The monoisotopic (exact) mass is 751 g/mol. The molecule has 0 atom stereocenters. The Morgan fingerprint density at radius 3 is 1.86 bits per heavy atom. The van der Waals surface area contributed by atoms with Crippen molar-refractivity contribution in [2.45, 2.75) is 19.3 Å². The van der Waals surface area contributed by atoms with E-state index in [9.17, 15) is 0 Å². The average Bonchev–Trinajstić information content (AvgIpc) is 3.92. The number of rotatable bonds is 4. The van der Waals surface area contributed by atoms with Gasteiger partial charge in [0.25, 0.3) is 0 Å². The Morgan fingerprint density at radius 2 is 1.07 bits per heavy atom. The van der Waals surface area contributed by atoms with Crippen molar-refractivity contribution in [1.29, 1.82) is 0 Å². The molecule has 1 aliphatic carbocycles. The molecule has 2 aromatic heterocycles. The lowest BCUT2D eigenvalue weighted by Crippen LogP contribution is -2.14. The molecule has 13 rings (SSSR count). The third-order valence-electron chi connectivity index (χ3n) is 13.3. The Balaban J connectivity index is 1.03. The molecule has 0 fully saturated rings. The number of nitrogens with zero attached hydrogens (tertiary/aromatic N) is 1. The summed E-state index contributed by atoms with van der Waals surface area (Å²) in [5, 5.41) is 11.3. The summed E-state index contributed by atoms with van der Waals surface area (Å²) in [5.41, 5.74) is 16.7. The van der Waals surface area contributed by atoms with E-state index in [1.807, 2.05) is 0 Å². The predicted molar refractivity (Wildman–Crippen MR) is 248 cm³/mol. The summed E-state index contributed by atoms with van der Waals surface area (Å²) >= 11 is 0. The smallest absolute Gasteiger partial charge is 0.143 e. The Bertz CT molecular complexity index is 3680. The fraction of sp³-hybridized carbons (Fsp3) is 0.0526. The van der Waals surface area contributed by atoms with E-state index in [0.717, 1.165) is 33.1 Å². The second-order valence-electron chi connectivity index (χ2n) is 16.8. The number of hydrogen-bond donors (Lipinski definition) is 0. The molecule has 0 radical (unpaired) electrons. The molecule has 0 bridgehead atoms. The van der Waals surface area contributed by atoms with Crippen LogP contribution in [0.5, 0.6) is 0 Å². The standard InChI is InChI=1S/C57H37NO/c1-57(2)48-21-10-9-17-45(48)55-54(57)47-33-37(27-32-49(47)58(55)38-15-7-4-8-16-38)39-28-23-35-26-31-44-41(29-24-36-25-30-43(39)51(35)52(36)44)42-19-12-22-50-53(42)46-20-11-18-40(56(46)59-50)34-13-5-3-6-14-34/h3-33H,1-2H3. The third-order valence-corrected chi connectivity index (χ3v) is 13.3. The van der Waals surface area contributed by atoms with Crippen LogP contribution in [0.3, 0.4) is 0 Å². The molecule has 2 nitrogen and oxygen atoms in total. The van der Waals surface area contributed by atoms with Crippen molar-refractivity contribution in [1.82, 2.24) is 4.57 Å². The molecule has 0 amide bonds. The minimum absolute atomic E-state index is 0.145. The van der Waals surface area contributed by atoms with Crippen LogP contribution < -0.4 is 0 Å². The van der Waals surface area contributed by atoms with Gasteiger partial charge in [-0.3, -0.25) is 0 Å². The van der Waals surface area contributed by atoms with Gasteiger partial charge in [0.2, 0.25) is 0 Å². The van der Waals surface area contributed by atoms with E-state index in [0.29, 0.717) is 0 Å². The summed E-state index contributed by atoms with van der Waals surface area (Å²) < 4.78 is 9.19. The lowest BCUT2D eigenvalue weighted by molar-refractivity contribution is 0.666. The van der Waals surface area contributed by atoms with Gasteiger partial charge in [-0.2, -0.15) is 0 Å². The molecule has 0 aliphatic heterocycles. The number of furan rings is 1. The number of aromatic nitrogens is 1. The van der Waals surface area contributed by atoms with Crippen molar-refractivity contribution in [3.8, 4) is 50.3 Å². The summed E-state index contributed by atoms with van der Waals surface area (Å²) in [6.07, 6.45) is 0. The Morgan fingerprint density at radius 1 is 0.424 bits per heavy atom. The maximum atomic E-state index is 6.70. The van der Waals surface area contributed by atoms with Crippen LogP contribution in [-0.2, 0) is 5.41 Å². The molecule has 0 saturated heterocycles. The molecule has 0 spiro atoms. The summed E-state index contributed by atoms with van der Waals surface area (Å²) in [7, 11) is 0. The highest BCUT2D eigenvalue weighted by atomic mass is 16.3. The quantitative estimate of drug-likeness (QED) is 0.164. The second kappa shape index (κ2) is 11.8. The molecule has 2 heteroatoms. The van der Waals surface area contributed by atoms with E-state index in [2.05, 4.69) is 206 Å². The number of hydrogen-bond acceptors (Lipinski definition) is 1. The van der Waals surface area contributed by atoms with Crippen LogP contribution in [0.4, 0.5) is 0 Å². The van der Waals surface area contributed by atoms with Gasteiger partial charge >= 0.3 is 0 Å². The Labute approximate surface area is 341 Å². The first kappa shape index (κ1) is 32.6. The molecular weight excluding hydrogens is 715 g/mol. The van der Waals surface area contributed by atoms with Gasteiger partial charge in [0.15, 0.2) is 0 Å². The van der Waals surface area contributed by atoms with Gasteiger partial charge in [0, 0.05) is 38.4 Å². The highest BCUT2D eigenvalue weighted by Gasteiger charge is 2.40. The highest BCUT2D eigenvalue weighted by molar-refractivity contribution is 6.29. The average molecular weight is 752 g/mol. The maximum Gasteiger partial charge on any atom is 0.143 e. The molecule has 12 aromatic rings. The molecule has 0 saturated carbocycles. The molecule has 0 N–H and O–H groups in total. The summed E-state index contributed by atoms with van der Waals surface area (Å²) in [6.45, 7) is 4.78. The molecule has 2 heterocycles. The van der Waals surface area contributed by atoms with Crippen LogP contribution in [0.1, 0.15) is 25.0 Å². The van der Waals surface area contributed by atoms with Crippen LogP contribution in [0.2, 0.25) is 0 Å². The first-order valence-corrected chi connectivity index (χ1v) is 20.6. The van der Waals surface area contributed by atoms with Crippen LogP contribution in [0.25, 0.3) is 115 Å². The largest absolute Gasteiger partial charge is 0.455 e. The van der Waals surface area contributed by atoms with Crippen molar-refractivity contribution >= 4 is 65.2 Å². The maximum absolute atomic E-state index is 6.70. The number of benzene rings is 10. The molecule has 276 valence electrons. The van der Waals surface area contributed by atoms with Crippen LogP contribution in [0, 0.1) is 0 Å². The predicted octanol–water partition coefficient (Wildman–Crippen LogP) is 15.7. The van der Waals surface area contributed by atoms with Gasteiger partial charge in [0.1, 0.15) is 11.2 Å². The fourth-order valence-electron chi connectivity index (χ4n) is 10.8. The summed E-state index contributed by atoms with van der Waals surface area (Å²) in [5.74, 6) is 0. The van der Waals surface area contributed by atoms with Crippen molar-refractivity contribution in [3.63, 3.8) is 0 Å². The summed E-state index contributed by atoms with van der Waals surface area (Å²) in [4.78, 5) is 0. The van der Waals surface area contributed by atoms with E-state index >= 15 is 0 Å². The topological polar surface area (TPSA) is 18.1 Å². The van der Waals surface area contributed by atoms with Crippen LogP contribution in [-0.4, -0.2) is 4.57 Å².